The fourth-order valence-electron chi connectivity index (χ4n) is 2.03. The molecule has 1 aromatic heterocycles. The van der Waals surface area contributed by atoms with Crippen molar-refractivity contribution in [1.29, 1.82) is 0 Å². The van der Waals surface area contributed by atoms with E-state index in [1.54, 1.807) is 12.1 Å². The number of hydrogen-bond acceptors (Lipinski definition) is 3. The molecule has 5 heteroatoms. The van der Waals surface area contributed by atoms with E-state index in [0.29, 0.717) is 11.7 Å². The van der Waals surface area contributed by atoms with E-state index in [1.165, 1.54) is 12.1 Å². The third-order valence-electron chi connectivity index (χ3n) is 2.97. The summed E-state index contributed by atoms with van der Waals surface area (Å²) in [5.74, 6) is 1.76. The molecule has 2 aromatic rings. The van der Waals surface area contributed by atoms with Gasteiger partial charge in [0.1, 0.15) is 11.6 Å². The fraction of sp³-hybridized carbons (Fsp3) is 0.375. The summed E-state index contributed by atoms with van der Waals surface area (Å²) >= 11 is 2.29. The van der Waals surface area contributed by atoms with E-state index in [-0.39, 0.29) is 5.82 Å². The summed E-state index contributed by atoms with van der Waals surface area (Å²) in [4.78, 5) is 9.25. The van der Waals surface area contributed by atoms with Crippen LogP contribution in [-0.2, 0) is 6.42 Å². The lowest BCUT2D eigenvalue weighted by Crippen LogP contribution is -2.09. The van der Waals surface area contributed by atoms with Crippen LogP contribution in [0.2, 0.25) is 0 Å². The van der Waals surface area contributed by atoms with Gasteiger partial charge in [-0.05, 0) is 66.1 Å². The lowest BCUT2D eigenvalue weighted by molar-refractivity contribution is 0.628. The first-order valence-electron chi connectivity index (χ1n) is 7.07. The van der Waals surface area contributed by atoms with E-state index in [0.717, 1.165) is 33.6 Å². The number of rotatable bonds is 5. The molecule has 0 unspecified atom stereocenters. The molecule has 0 amide bonds. The van der Waals surface area contributed by atoms with Gasteiger partial charge in [0.2, 0.25) is 0 Å². The zero-order valence-corrected chi connectivity index (χ0v) is 14.6. The Morgan fingerprint density at radius 2 is 1.86 bits per heavy atom. The largest absolute Gasteiger partial charge is 0.369 e. The van der Waals surface area contributed by atoms with Crippen molar-refractivity contribution >= 4 is 28.4 Å². The minimum absolute atomic E-state index is 0.251. The summed E-state index contributed by atoms with van der Waals surface area (Å²) in [7, 11) is 0. The third kappa shape index (κ3) is 4.12. The van der Waals surface area contributed by atoms with Gasteiger partial charge in [0.05, 0.1) is 9.26 Å². The van der Waals surface area contributed by atoms with Crippen LogP contribution in [0.4, 0.5) is 10.2 Å². The van der Waals surface area contributed by atoms with Crippen molar-refractivity contribution in [3.63, 3.8) is 0 Å². The molecule has 1 N–H and O–H groups in total. The molecule has 1 aromatic carbocycles. The average Bonchev–Trinajstić information content (AvgIpc) is 2.43. The van der Waals surface area contributed by atoms with Crippen molar-refractivity contribution in [2.24, 2.45) is 5.92 Å². The van der Waals surface area contributed by atoms with Gasteiger partial charge in [0.25, 0.3) is 0 Å². The number of hydrogen-bond donors (Lipinski definition) is 1. The number of nitrogens with one attached hydrogen (secondary N) is 1. The molecule has 0 aliphatic rings. The lowest BCUT2D eigenvalue weighted by Gasteiger charge is -2.13. The van der Waals surface area contributed by atoms with E-state index < -0.39 is 0 Å². The Morgan fingerprint density at radius 3 is 2.43 bits per heavy atom. The highest BCUT2D eigenvalue weighted by Gasteiger charge is 2.14. The van der Waals surface area contributed by atoms with Gasteiger partial charge >= 0.3 is 0 Å². The molecular formula is C16H19FIN3. The maximum atomic E-state index is 13.1. The highest BCUT2D eigenvalue weighted by molar-refractivity contribution is 14.1. The van der Waals surface area contributed by atoms with Crippen molar-refractivity contribution in [1.82, 2.24) is 9.97 Å². The summed E-state index contributed by atoms with van der Waals surface area (Å²) in [6.07, 6.45) is 0.896. The summed E-state index contributed by atoms with van der Waals surface area (Å²) in [6.45, 7) is 7.18. The topological polar surface area (TPSA) is 37.8 Å². The van der Waals surface area contributed by atoms with Crippen molar-refractivity contribution in [3.8, 4) is 11.4 Å². The van der Waals surface area contributed by atoms with Crippen LogP contribution in [0.15, 0.2) is 24.3 Å². The maximum Gasteiger partial charge on any atom is 0.161 e. The van der Waals surface area contributed by atoms with Crippen LogP contribution >= 0.6 is 22.6 Å². The molecule has 3 nitrogen and oxygen atoms in total. The number of benzene rings is 1. The van der Waals surface area contributed by atoms with Crippen LogP contribution in [0, 0.1) is 15.3 Å². The zero-order chi connectivity index (χ0) is 15.4. The Balaban J connectivity index is 2.49. The molecule has 0 saturated heterocycles. The van der Waals surface area contributed by atoms with Gasteiger partial charge < -0.3 is 5.32 Å². The van der Waals surface area contributed by atoms with Gasteiger partial charge in [0.15, 0.2) is 5.82 Å². The molecule has 1 heterocycles. The molecule has 0 spiro atoms. The molecule has 0 atom stereocenters. The Bertz CT molecular complexity index is 612. The second-order valence-electron chi connectivity index (χ2n) is 5.29. The monoisotopic (exact) mass is 399 g/mol. The van der Waals surface area contributed by atoms with E-state index in [1.807, 2.05) is 6.92 Å². The molecule has 112 valence electrons. The minimum Gasteiger partial charge on any atom is -0.369 e. The van der Waals surface area contributed by atoms with E-state index >= 15 is 0 Å². The first kappa shape index (κ1) is 16.1. The van der Waals surface area contributed by atoms with Gasteiger partial charge in [-0.15, -0.1) is 0 Å². The second-order valence-corrected chi connectivity index (χ2v) is 6.37. The molecular weight excluding hydrogens is 380 g/mol. The molecule has 2 rings (SSSR count). The summed E-state index contributed by atoms with van der Waals surface area (Å²) in [5.41, 5.74) is 1.87. The Kier molecular flexibility index (Phi) is 5.50. The van der Waals surface area contributed by atoms with Crippen molar-refractivity contribution in [3.05, 3.63) is 39.3 Å². The first-order valence-corrected chi connectivity index (χ1v) is 8.15. The van der Waals surface area contributed by atoms with Gasteiger partial charge in [-0.3, -0.25) is 0 Å². The Morgan fingerprint density at radius 1 is 1.19 bits per heavy atom. The third-order valence-corrected chi connectivity index (χ3v) is 4.10. The molecule has 0 radical (unpaired) electrons. The quantitative estimate of drug-likeness (QED) is 0.752. The predicted octanol–water partition coefficient (Wildman–Crippen LogP) is 4.52. The summed E-state index contributed by atoms with van der Waals surface area (Å²) in [5, 5.41) is 3.28. The highest BCUT2D eigenvalue weighted by atomic mass is 127. The van der Waals surface area contributed by atoms with Gasteiger partial charge in [0, 0.05) is 12.1 Å². The average molecular weight is 399 g/mol. The minimum atomic E-state index is -0.251. The van der Waals surface area contributed by atoms with Crippen molar-refractivity contribution < 1.29 is 4.39 Å². The van der Waals surface area contributed by atoms with E-state index in [9.17, 15) is 4.39 Å². The van der Waals surface area contributed by atoms with Crippen molar-refractivity contribution in [2.45, 2.75) is 27.2 Å². The smallest absolute Gasteiger partial charge is 0.161 e. The first-order chi connectivity index (χ1) is 10.0. The number of anilines is 1. The van der Waals surface area contributed by atoms with Crippen LogP contribution < -0.4 is 5.32 Å². The van der Waals surface area contributed by atoms with Crippen LogP contribution in [0.5, 0.6) is 0 Å². The molecule has 21 heavy (non-hydrogen) atoms. The standard InChI is InChI=1S/C16H19FIN3/c1-4-19-16-14(18)13(9-10(2)3)20-15(21-16)11-5-7-12(17)8-6-11/h5-8,10H,4,9H2,1-3H3,(H,19,20,21). The molecule has 0 aliphatic carbocycles. The Hall–Kier alpha value is -1.24. The Labute approximate surface area is 138 Å². The number of nitrogens with zero attached hydrogens (tertiary/aromatic N) is 2. The molecule has 0 saturated carbocycles. The van der Waals surface area contributed by atoms with E-state index in [2.05, 4.69) is 51.7 Å². The van der Waals surface area contributed by atoms with E-state index in [4.69, 9.17) is 0 Å². The molecule has 0 bridgehead atoms. The van der Waals surface area contributed by atoms with Gasteiger partial charge in [-0.1, -0.05) is 13.8 Å². The van der Waals surface area contributed by atoms with Crippen LogP contribution in [0.1, 0.15) is 26.5 Å². The maximum absolute atomic E-state index is 13.1. The zero-order valence-electron chi connectivity index (χ0n) is 12.5. The highest BCUT2D eigenvalue weighted by Crippen LogP contribution is 2.25. The fourth-order valence-corrected chi connectivity index (χ4v) is 2.68. The van der Waals surface area contributed by atoms with Crippen LogP contribution in [0.25, 0.3) is 11.4 Å². The number of aromatic nitrogens is 2. The SMILES string of the molecule is CCNc1nc(-c2ccc(F)cc2)nc(CC(C)C)c1I. The number of halogens is 2. The van der Waals surface area contributed by atoms with Crippen LogP contribution in [-0.4, -0.2) is 16.5 Å². The van der Waals surface area contributed by atoms with Crippen molar-refractivity contribution in [2.75, 3.05) is 11.9 Å². The lowest BCUT2D eigenvalue weighted by atomic mass is 10.1. The van der Waals surface area contributed by atoms with Gasteiger partial charge in [-0.25, -0.2) is 14.4 Å². The molecule has 0 fully saturated rings. The second kappa shape index (κ2) is 7.15. The predicted molar refractivity (Wildman–Crippen MR) is 92.8 cm³/mol. The van der Waals surface area contributed by atoms with Crippen LogP contribution in [0.3, 0.4) is 0 Å². The van der Waals surface area contributed by atoms with Gasteiger partial charge in [-0.2, -0.15) is 0 Å². The summed E-state index contributed by atoms with van der Waals surface area (Å²) in [6, 6.07) is 6.30. The summed E-state index contributed by atoms with van der Waals surface area (Å²) < 4.78 is 14.1. The normalized spacial score (nSPS) is 11.0. The molecule has 0 aliphatic heterocycles.